The number of nitrogens with one attached hydrogen (secondary N) is 1. The monoisotopic (exact) mass is 254 g/mol. The van der Waals surface area contributed by atoms with Gasteiger partial charge >= 0.3 is 6.18 Å². The average Bonchev–Trinajstić information content (AvgIpc) is 2.32. The zero-order valence-corrected chi connectivity index (χ0v) is 9.08. The number of nitrogens with two attached hydrogens (primary N) is 1. The second-order valence-corrected chi connectivity index (χ2v) is 3.74. The summed E-state index contributed by atoms with van der Waals surface area (Å²) in [6.07, 6.45) is -4.41. The van der Waals surface area contributed by atoms with Crippen LogP contribution in [0.15, 0.2) is 41.2 Å². The third-order valence-corrected chi connectivity index (χ3v) is 2.44. The Kier molecular flexibility index (Phi) is 2.86. The first-order valence-corrected chi connectivity index (χ1v) is 5.04. The van der Waals surface area contributed by atoms with Crippen LogP contribution in [0.4, 0.5) is 18.9 Å². The zero-order chi connectivity index (χ0) is 13.3. The second kappa shape index (κ2) is 4.21. The summed E-state index contributed by atoms with van der Waals surface area (Å²) in [5, 5.41) is 0. The Labute approximate surface area is 100 Å². The number of hydrogen-bond acceptors (Lipinski definition) is 2. The molecule has 3 N–H and O–H groups in total. The average molecular weight is 254 g/mol. The van der Waals surface area contributed by atoms with Gasteiger partial charge < -0.3 is 10.7 Å². The van der Waals surface area contributed by atoms with Crippen LogP contribution in [-0.4, -0.2) is 4.98 Å². The molecule has 0 fully saturated rings. The highest BCUT2D eigenvalue weighted by Gasteiger charge is 2.30. The van der Waals surface area contributed by atoms with E-state index in [0.29, 0.717) is 5.69 Å². The van der Waals surface area contributed by atoms with E-state index in [4.69, 9.17) is 5.73 Å². The van der Waals surface area contributed by atoms with Gasteiger partial charge in [0, 0.05) is 5.69 Å². The molecule has 0 aliphatic carbocycles. The van der Waals surface area contributed by atoms with Crippen molar-refractivity contribution in [2.45, 2.75) is 6.18 Å². The topological polar surface area (TPSA) is 58.9 Å². The molecular weight excluding hydrogens is 245 g/mol. The fourth-order valence-corrected chi connectivity index (χ4v) is 1.52. The van der Waals surface area contributed by atoms with Gasteiger partial charge in [-0.1, -0.05) is 12.1 Å². The van der Waals surface area contributed by atoms with Crippen molar-refractivity contribution in [2.75, 3.05) is 5.73 Å². The normalized spacial score (nSPS) is 11.5. The molecule has 0 aliphatic rings. The lowest BCUT2D eigenvalue weighted by Crippen LogP contribution is -2.11. The molecule has 0 spiro atoms. The van der Waals surface area contributed by atoms with Gasteiger partial charge in [0.05, 0.1) is 11.3 Å². The van der Waals surface area contributed by atoms with Crippen LogP contribution in [0.2, 0.25) is 0 Å². The molecule has 0 atom stereocenters. The highest BCUT2D eigenvalue weighted by atomic mass is 19.4. The molecule has 1 aromatic carbocycles. The highest BCUT2D eigenvalue weighted by molar-refractivity contribution is 5.61. The standard InChI is InChI=1S/C12H9F3N2O/c13-12(14,15)8-3-1-2-7(6-8)10-5-4-9(16)11(18)17-10/h1-6H,16H2,(H,17,18). The molecule has 0 saturated heterocycles. The first-order valence-electron chi connectivity index (χ1n) is 5.04. The van der Waals surface area contributed by atoms with Crippen molar-refractivity contribution in [2.24, 2.45) is 0 Å². The molecule has 0 bridgehead atoms. The SMILES string of the molecule is Nc1ccc(-c2cccc(C(F)(F)F)c2)[nH]c1=O. The van der Waals surface area contributed by atoms with Crippen molar-refractivity contribution in [3.05, 3.63) is 52.3 Å². The smallest absolute Gasteiger partial charge is 0.394 e. The fourth-order valence-electron chi connectivity index (χ4n) is 1.52. The molecule has 1 aromatic heterocycles. The molecule has 0 unspecified atom stereocenters. The molecule has 0 radical (unpaired) electrons. The van der Waals surface area contributed by atoms with Crippen molar-refractivity contribution in [3.8, 4) is 11.3 Å². The molecule has 0 aliphatic heterocycles. The predicted octanol–water partition coefficient (Wildman–Crippen LogP) is 2.64. The second-order valence-electron chi connectivity index (χ2n) is 3.74. The summed E-state index contributed by atoms with van der Waals surface area (Å²) in [4.78, 5) is 13.7. The van der Waals surface area contributed by atoms with Crippen LogP contribution in [0.3, 0.4) is 0 Å². The van der Waals surface area contributed by atoms with E-state index in [2.05, 4.69) is 4.98 Å². The van der Waals surface area contributed by atoms with Crippen LogP contribution in [0.25, 0.3) is 11.3 Å². The van der Waals surface area contributed by atoms with Crippen molar-refractivity contribution in [3.63, 3.8) is 0 Å². The largest absolute Gasteiger partial charge is 0.416 e. The number of aromatic nitrogens is 1. The van der Waals surface area contributed by atoms with Crippen LogP contribution in [-0.2, 0) is 6.18 Å². The van der Waals surface area contributed by atoms with Gasteiger partial charge in [0.25, 0.3) is 5.56 Å². The summed E-state index contributed by atoms with van der Waals surface area (Å²) in [7, 11) is 0. The number of alkyl halides is 3. The maximum absolute atomic E-state index is 12.5. The summed E-state index contributed by atoms with van der Waals surface area (Å²) in [5.41, 5.74) is 4.64. The summed E-state index contributed by atoms with van der Waals surface area (Å²) >= 11 is 0. The van der Waals surface area contributed by atoms with Crippen molar-refractivity contribution in [1.82, 2.24) is 4.98 Å². The molecular formula is C12H9F3N2O. The summed E-state index contributed by atoms with van der Waals surface area (Å²) in [5.74, 6) is 0. The summed E-state index contributed by atoms with van der Waals surface area (Å²) in [6, 6.07) is 7.53. The Hall–Kier alpha value is -2.24. The minimum absolute atomic E-state index is 0.0192. The number of nitrogen functional groups attached to an aromatic ring is 1. The van der Waals surface area contributed by atoms with E-state index in [1.807, 2.05) is 0 Å². The van der Waals surface area contributed by atoms with Gasteiger partial charge in [-0.15, -0.1) is 0 Å². The van der Waals surface area contributed by atoms with E-state index in [9.17, 15) is 18.0 Å². The molecule has 0 amide bonds. The van der Waals surface area contributed by atoms with E-state index < -0.39 is 17.3 Å². The van der Waals surface area contributed by atoms with E-state index in [1.165, 1.54) is 24.3 Å². The lowest BCUT2D eigenvalue weighted by molar-refractivity contribution is -0.137. The Morgan fingerprint density at radius 1 is 1.11 bits per heavy atom. The lowest BCUT2D eigenvalue weighted by Gasteiger charge is -2.08. The third kappa shape index (κ3) is 2.37. The lowest BCUT2D eigenvalue weighted by atomic mass is 10.1. The number of pyridine rings is 1. The number of aromatic amines is 1. The van der Waals surface area contributed by atoms with E-state index >= 15 is 0 Å². The van der Waals surface area contributed by atoms with E-state index in [-0.39, 0.29) is 11.3 Å². The number of benzene rings is 1. The molecule has 1 heterocycles. The van der Waals surface area contributed by atoms with Crippen molar-refractivity contribution in [1.29, 1.82) is 0 Å². The molecule has 18 heavy (non-hydrogen) atoms. The Morgan fingerprint density at radius 2 is 1.83 bits per heavy atom. The quantitative estimate of drug-likeness (QED) is 0.821. The maximum Gasteiger partial charge on any atom is 0.416 e. The van der Waals surface area contributed by atoms with Gasteiger partial charge in [0.1, 0.15) is 0 Å². The molecule has 3 nitrogen and oxygen atoms in total. The molecule has 0 saturated carbocycles. The highest BCUT2D eigenvalue weighted by Crippen LogP contribution is 2.31. The van der Waals surface area contributed by atoms with Gasteiger partial charge in [0.2, 0.25) is 0 Å². The number of rotatable bonds is 1. The minimum atomic E-state index is -4.41. The van der Waals surface area contributed by atoms with Crippen LogP contribution >= 0.6 is 0 Å². The van der Waals surface area contributed by atoms with E-state index in [1.54, 1.807) is 0 Å². The predicted molar refractivity (Wildman–Crippen MR) is 61.9 cm³/mol. The third-order valence-electron chi connectivity index (χ3n) is 2.44. The number of anilines is 1. The van der Waals surface area contributed by atoms with Crippen molar-refractivity contribution < 1.29 is 13.2 Å². The van der Waals surface area contributed by atoms with Gasteiger partial charge in [-0.2, -0.15) is 13.2 Å². The van der Waals surface area contributed by atoms with Crippen molar-refractivity contribution >= 4 is 5.69 Å². The fraction of sp³-hybridized carbons (Fsp3) is 0.0833. The summed E-state index contributed by atoms with van der Waals surface area (Å²) < 4.78 is 37.6. The van der Waals surface area contributed by atoms with E-state index in [0.717, 1.165) is 12.1 Å². The Morgan fingerprint density at radius 3 is 2.44 bits per heavy atom. The first-order chi connectivity index (χ1) is 8.38. The van der Waals surface area contributed by atoms with Gasteiger partial charge in [-0.25, -0.2) is 0 Å². The number of H-pyrrole nitrogens is 1. The number of hydrogen-bond donors (Lipinski definition) is 2. The maximum atomic E-state index is 12.5. The Balaban J connectivity index is 2.51. The molecule has 2 aromatic rings. The van der Waals surface area contributed by atoms with Crippen LogP contribution in [0.5, 0.6) is 0 Å². The zero-order valence-electron chi connectivity index (χ0n) is 9.08. The van der Waals surface area contributed by atoms with Gasteiger partial charge in [-0.05, 0) is 29.8 Å². The first kappa shape index (κ1) is 12.2. The minimum Gasteiger partial charge on any atom is -0.394 e. The van der Waals surface area contributed by atoms with Crippen LogP contribution in [0.1, 0.15) is 5.56 Å². The number of halogens is 3. The van der Waals surface area contributed by atoms with Gasteiger partial charge in [0.15, 0.2) is 0 Å². The van der Waals surface area contributed by atoms with Crippen LogP contribution < -0.4 is 11.3 Å². The van der Waals surface area contributed by atoms with Gasteiger partial charge in [-0.3, -0.25) is 4.79 Å². The molecule has 6 heteroatoms. The Bertz CT molecular complexity index is 632. The van der Waals surface area contributed by atoms with Crippen LogP contribution in [0, 0.1) is 0 Å². The molecule has 94 valence electrons. The summed E-state index contributed by atoms with van der Waals surface area (Å²) in [6.45, 7) is 0. The molecule has 2 rings (SSSR count).